The SMILES string of the molecule is COc1ccc(-c2coc3c4c(cc(OC)c3c2=O)OC(=O)CC4c2coc3ccc(OC)cc3c2=O)cc1. The van der Waals surface area contributed by atoms with Gasteiger partial charge in [0.1, 0.15) is 45.8 Å². The number of hydrogen-bond donors (Lipinski definition) is 0. The largest absolute Gasteiger partial charge is 0.497 e. The van der Waals surface area contributed by atoms with Gasteiger partial charge in [0.2, 0.25) is 5.43 Å². The maximum absolute atomic E-state index is 13.8. The predicted molar refractivity (Wildman–Crippen MR) is 142 cm³/mol. The van der Waals surface area contributed by atoms with E-state index >= 15 is 0 Å². The summed E-state index contributed by atoms with van der Waals surface area (Å²) in [4.78, 5) is 40.1. The van der Waals surface area contributed by atoms with Gasteiger partial charge in [-0.3, -0.25) is 14.4 Å². The second-order valence-corrected chi connectivity index (χ2v) is 9.01. The second kappa shape index (κ2) is 9.36. The molecule has 0 spiro atoms. The monoisotopic (exact) mass is 526 g/mol. The van der Waals surface area contributed by atoms with Crippen molar-refractivity contribution >= 4 is 27.9 Å². The molecule has 3 heterocycles. The lowest BCUT2D eigenvalue weighted by molar-refractivity contribution is -0.135. The maximum Gasteiger partial charge on any atom is 0.312 e. The van der Waals surface area contributed by atoms with Gasteiger partial charge in [0.15, 0.2) is 5.43 Å². The summed E-state index contributed by atoms with van der Waals surface area (Å²) < 4.78 is 33.4. The number of methoxy groups -OCH3 is 3. The molecule has 0 saturated heterocycles. The first kappa shape index (κ1) is 24.3. The number of carbonyl (C=O) groups is 1. The van der Waals surface area contributed by atoms with E-state index in [1.807, 2.05) is 0 Å². The van der Waals surface area contributed by atoms with Crippen molar-refractivity contribution in [3.05, 3.63) is 92.6 Å². The summed E-state index contributed by atoms with van der Waals surface area (Å²) in [7, 11) is 4.47. The Bertz CT molecular complexity index is 1880. The normalized spacial score (nSPS) is 14.6. The fraction of sp³-hybridized carbons (Fsp3) is 0.167. The van der Waals surface area contributed by atoms with Gasteiger partial charge in [-0.1, -0.05) is 12.1 Å². The summed E-state index contributed by atoms with van der Waals surface area (Å²) >= 11 is 0. The van der Waals surface area contributed by atoms with E-state index in [2.05, 4.69) is 0 Å². The van der Waals surface area contributed by atoms with Crippen molar-refractivity contribution in [1.82, 2.24) is 0 Å². The van der Waals surface area contributed by atoms with Crippen molar-refractivity contribution in [1.29, 1.82) is 0 Å². The topological polar surface area (TPSA) is 114 Å². The fourth-order valence-electron chi connectivity index (χ4n) is 5.01. The third-order valence-corrected chi connectivity index (χ3v) is 6.96. The number of ether oxygens (including phenoxy) is 4. The molecule has 0 saturated carbocycles. The van der Waals surface area contributed by atoms with Crippen molar-refractivity contribution in [3.63, 3.8) is 0 Å². The molecule has 0 bridgehead atoms. The molecule has 0 aliphatic carbocycles. The Morgan fingerprint density at radius 1 is 0.795 bits per heavy atom. The Morgan fingerprint density at radius 3 is 2.26 bits per heavy atom. The third kappa shape index (κ3) is 3.90. The Labute approximate surface area is 221 Å². The van der Waals surface area contributed by atoms with Crippen LogP contribution in [-0.2, 0) is 4.79 Å². The fourth-order valence-corrected chi connectivity index (χ4v) is 5.01. The lowest BCUT2D eigenvalue weighted by atomic mass is 9.85. The lowest BCUT2D eigenvalue weighted by Gasteiger charge is -2.25. The molecule has 9 nitrogen and oxygen atoms in total. The summed E-state index contributed by atoms with van der Waals surface area (Å²) in [6.45, 7) is 0. The Balaban J connectivity index is 1.61. The van der Waals surface area contributed by atoms with E-state index in [9.17, 15) is 14.4 Å². The van der Waals surface area contributed by atoms with Gasteiger partial charge in [-0.15, -0.1) is 0 Å². The minimum Gasteiger partial charge on any atom is -0.497 e. The minimum absolute atomic E-state index is 0.145. The zero-order valence-corrected chi connectivity index (χ0v) is 21.2. The zero-order valence-electron chi connectivity index (χ0n) is 21.2. The second-order valence-electron chi connectivity index (χ2n) is 9.01. The molecule has 5 aromatic rings. The van der Waals surface area contributed by atoms with Crippen LogP contribution in [-0.4, -0.2) is 27.3 Å². The number of rotatable bonds is 5. The van der Waals surface area contributed by atoms with Gasteiger partial charge in [-0.2, -0.15) is 0 Å². The highest BCUT2D eigenvalue weighted by atomic mass is 16.5. The van der Waals surface area contributed by atoms with Crippen LogP contribution in [0, 0.1) is 0 Å². The highest BCUT2D eigenvalue weighted by Gasteiger charge is 2.35. The highest BCUT2D eigenvalue weighted by Crippen LogP contribution is 2.45. The van der Waals surface area contributed by atoms with E-state index in [0.717, 1.165) is 0 Å². The van der Waals surface area contributed by atoms with Crippen LogP contribution in [0.1, 0.15) is 23.5 Å². The number of carbonyl (C=O) groups excluding carboxylic acids is 1. The number of benzene rings is 3. The number of fused-ring (bicyclic) bond motifs is 4. The Kier molecular flexibility index (Phi) is 5.83. The maximum atomic E-state index is 13.8. The van der Waals surface area contributed by atoms with Gasteiger partial charge in [0.05, 0.1) is 45.0 Å². The average Bonchev–Trinajstić information content (AvgIpc) is 2.96. The first-order valence-corrected chi connectivity index (χ1v) is 12.0. The zero-order chi connectivity index (χ0) is 27.3. The van der Waals surface area contributed by atoms with Crippen LogP contribution in [0.25, 0.3) is 33.1 Å². The molecule has 1 unspecified atom stereocenters. The molecule has 0 N–H and O–H groups in total. The summed E-state index contributed by atoms with van der Waals surface area (Å²) in [5, 5.41) is 0.466. The van der Waals surface area contributed by atoms with Crippen molar-refractivity contribution < 1.29 is 32.6 Å². The molecule has 39 heavy (non-hydrogen) atoms. The van der Waals surface area contributed by atoms with E-state index in [0.29, 0.717) is 39.2 Å². The molecule has 9 heteroatoms. The first-order chi connectivity index (χ1) is 18.9. The average molecular weight is 526 g/mol. The van der Waals surface area contributed by atoms with E-state index in [1.165, 1.54) is 32.8 Å². The molecule has 1 aliphatic heterocycles. The van der Waals surface area contributed by atoms with Crippen molar-refractivity contribution in [2.24, 2.45) is 0 Å². The van der Waals surface area contributed by atoms with E-state index in [-0.39, 0.29) is 45.3 Å². The minimum atomic E-state index is -0.795. The van der Waals surface area contributed by atoms with Crippen LogP contribution >= 0.6 is 0 Å². The predicted octanol–water partition coefficient (Wildman–Crippen LogP) is 5.03. The molecule has 0 radical (unpaired) electrons. The van der Waals surface area contributed by atoms with Crippen LogP contribution in [0.15, 0.2) is 79.5 Å². The smallest absolute Gasteiger partial charge is 0.312 e. The van der Waals surface area contributed by atoms with Crippen LogP contribution in [0.4, 0.5) is 0 Å². The highest BCUT2D eigenvalue weighted by molar-refractivity contribution is 5.94. The number of hydrogen-bond acceptors (Lipinski definition) is 9. The van der Waals surface area contributed by atoms with E-state index < -0.39 is 11.9 Å². The summed E-state index contributed by atoms with van der Waals surface area (Å²) in [6.07, 6.45) is 2.54. The third-order valence-electron chi connectivity index (χ3n) is 6.96. The lowest BCUT2D eigenvalue weighted by Crippen LogP contribution is -2.25. The Morgan fingerprint density at radius 2 is 1.54 bits per heavy atom. The first-order valence-electron chi connectivity index (χ1n) is 12.0. The molecule has 3 aromatic carbocycles. The Hall–Kier alpha value is -5.05. The van der Waals surface area contributed by atoms with Gasteiger partial charge in [-0.25, -0.2) is 0 Å². The molecule has 6 rings (SSSR count). The standard InChI is InChI=1S/C30H22O9/c1-34-16-6-4-15(5-7-16)20-13-38-30-26-18(11-25(31)39-24(26)12-23(36-3)27(30)29(20)33)21-14-37-22-9-8-17(35-2)10-19(22)28(21)32/h4-10,12-14,18H,11H2,1-3H3. The van der Waals surface area contributed by atoms with E-state index in [4.69, 9.17) is 27.8 Å². The molecular weight excluding hydrogens is 504 g/mol. The van der Waals surface area contributed by atoms with Gasteiger partial charge < -0.3 is 27.8 Å². The molecule has 1 aliphatic rings. The quantitative estimate of drug-likeness (QED) is 0.230. The van der Waals surface area contributed by atoms with Gasteiger partial charge >= 0.3 is 5.97 Å². The summed E-state index contributed by atoms with van der Waals surface area (Å²) in [6, 6.07) is 13.4. The van der Waals surface area contributed by atoms with Crippen LogP contribution < -0.4 is 29.8 Å². The van der Waals surface area contributed by atoms with Crippen molar-refractivity contribution in [2.75, 3.05) is 21.3 Å². The molecule has 0 amide bonds. The van der Waals surface area contributed by atoms with Crippen LogP contribution in [0.5, 0.6) is 23.0 Å². The molecular formula is C30H22O9. The van der Waals surface area contributed by atoms with Gasteiger partial charge in [-0.05, 0) is 35.9 Å². The van der Waals surface area contributed by atoms with Crippen molar-refractivity contribution in [2.45, 2.75) is 12.3 Å². The van der Waals surface area contributed by atoms with Crippen LogP contribution in [0.3, 0.4) is 0 Å². The molecule has 0 fully saturated rings. The van der Waals surface area contributed by atoms with Crippen molar-refractivity contribution in [3.8, 4) is 34.1 Å². The summed E-state index contributed by atoms with van der Waals surface area (Å²) in [5.41, 5.74) is 1.41. The summed E-state index contributed by atoms with van der Waals surface area (Å²) in [5.74, 6) is 0.116. The number of esters is 1. The molecule has 1 atom stereocenters. The molecule has 2 aromatic heterocycles. The molecule has 196 valence electrons. The van der Waals surface area contributed by atoms with Gasteiger partial charge in [0.25, 0.3) is 0 Å². The van der Waals surface area contributed by atoms with Crippen LogP contribution in [0.2, 0.25) is 0 Å². The van der Waals surface area contributed by atoms with E-state index in [1.54, 1.807) is 49.6 Å². The van der Waals surface area contributed by atoms with Gasteiger partial charge in [0, 0.05) is 23.1 Å².